The van der Waals surface area contributed by atoms with Gasteiger partial charge in [-0.1, -0.05) is 11.3 Å². The van der Waals surface area contributed by atoms with E-state index in [1.54, 1.807) is 0 Å². The van der Waals surface area contributed by atoms with E-state index in [1.165, 1.54) is 17.4 Å². The maximum Gasteiger partial charge on any atom is 0.573 e. The minimum absolute atomic E-state index is 0.0622. The molecule has 0 amide bonds. The number of aromatic nitrogens is 3. The largest absolute Gasteiger partial charge is 0.573 e. The number of anilines is 1. The zero-order valence-electron chi connectivity index (χ0n) is 15.4. The number of alkyl halides is 3. The highest BCUT2D eigenvalue weighted by Crippen LogP contribution is 2.31. The SMILES string of the molecule is CCOCc1nnc(-c2ncc(S(=O)(=O)c3ccc(OC(F)(F)F)cc3)cc2N)s1. The maximum atomic E-state index is 12.8. The Kier molecular flexibility index (Phi) is 6.24. The molecule has 13 heteroatoms. The second-order valence-corrected chi connectivity index (χ2v) is 8.78. The molecule has 8 nitrogen and oxygen atoms in total. The smallest absolute Gasteiger partial charge is 0.406 e. The van der Waals surface area contributed by atoms with Crippen molar-refractivity contribution in [3.63, 3.8) is 0 Å². The number of sulfone groups is 1. The summed E-state index contributed by atoms with van der Waals surface area (Å²) in [6.07, 6.45) is -3.77. The fourth-order valence-corrected chi connectivity index (χ4v) is 4.38. The highest BCUT2D eigenvalue weighted by atomic mass is 32.2. The summed E-state index contributed by atoms with van der Waals surface area (Å²) in [6, 6.07) is 5.04. The first-order valence-corrected chi connectivity index (χ1v) is 10.7. The van der Waals surface area contributed by atoms with Gasteiger partial charge in [0.1, 0.15) is 23.1 Å². The van der Waals surface area contributed by atoms with Gasteiger partial charge in [-0.25, -0.2) is 8.42 Å². The molecule has 2 aromatic heterocycles. The van der Waals surface area contributed by atoms with Gasteiger partial charge in [-0.15, -0.1) is 23.4 Å². The van der Waals surface area contributed by atoms with E-state index in [9.17, 15) is 21.6 Å². The third-order valence-corrected chi connectivity index (χ3v) is 6.31. The van der Waals surface area contributed by atoms with Crippen LogP contribution in [-0.4, -0.2) is 36.6 Å². The van der Waals surface area contributed by atoms with Crippen molar-refractivity contribution in [3.8, 4) is 16.5 Å². The van der Waals surface area contributed by atoms with E-state index in [1.807, 2.05) is 6.92 Å². The number of nitrogens with zero attached hydrogens (tertiary/aromatic N) is 3. The van der Waals surface area contributed by atoms with Gasteiger partial charge in [0.05, 0.1) is 15.5 Å². The molecule has 0 bridgehead atoms. The first-order valence-electron chi connectivity index (χ1n) is 8.37. The van der Waals surface area contributed by atoms with E-state index in [-0.39, 0.29) is 27.8 Å². The summed E-state index contributed by atoms with van der Waals surface area (Å²) in [6.45, 7) is 2.65. The monoisotopic (exact) mass is 460 g/mol. The molecule has 0 aliphatic heterocycles. The van der Waals surface area contributed by atoms with Crippen molar-refractivity contribution in [2.75, 3.05) is 12.3 Å². The number of ether oxygens (including phenoxy) is 2. The molecule has 2 heterocycles. The van der Waals surface area contributed by atoms with Crippen molar-refractivity contribution in [2.45, 2.75) is 29.7 Å². The Balaban J connectivity index is 1.85. The third kappa shape index (κ3) is 5.04. The highest BCUT2D eigenvalue weighted by molar-refractivity contribution is 7.91. The Hall–Kier alpha value is -2.77. The molecule has 0 aliphatic rings. The van der Waals surface area contributed by atoms with Gasteiger partial charge >= 0.3 is 6.36 Å². The van der Waals surface area contributed by atoms with E-state index >= 15 is 0 Å². The van der Waals surface area contributed by atoms with Crippen molar-refractivity contribution in [1.82, 2.24) is 15.2 Å². The Bertz CT molecular complexity index is 1130. The summed E-state index contributed by atoms with van der Waals surface area (Å²) in [4.78, 5) is 3.64. The summed E-state index contributed by atoms with van der Waals surface area (Å²) < 4.78 is 71.2. The summed E-state index contributed by atoms with van der Waals surface area (Å²) in [5, 5.41) is 8.96. The van der Waals surface area contributed by atoms with E-state index in [2.05, 4.69) is 19.9 Å². The van der Waals surface area contributed by atoms with Crippen LogP contribution in [-0.2, 0) is 21.2 Å². The van der Waals surface area contributed by atoms with Gasteiger partial charge in [0.15, 0.2) is 5.01 Å². The molecule has 0 spiro atoms. The predicted octanol–water partition coefficient (Wildman–Crippen LogP) is 3.45. The zero-order chi connectivity index (χ0) is 21.9. The lowest BCUT2D eigenvalue weighted by atomic mass is 10.3. The Morgan fingerprint density at radius 3 is 2.43 bits per heavy atom. The van der Waals surface area contributed by atoms with Crippen LogP contribution in [0.25, 0.3) is 10.7 Å². The van der Waals surface area contributed by atoms with Crippen LogP contribution in [0.2, 0.25) is 0 Å². The van der Waals surface area contributed by atoms with Crippen LogP contribution in [0.4, 0.5) is 18.9 Å². The lowest BCUT2D eigenvalue weighted by molar-refractivity contribution is -0.274. The van der Waals surface area contributed by atoms with Gasteiger partial charge in [0.2, 0.25) is 9.84 Å². The first kappa shape index (κ1) is 21.9. The minimum Gasteiger partial charge on any atom is -0.406 e. The van der Waals surface area contributed by atoms with Crippen molar-refractivity contribution >= 4 is 26.9 Å². The number of hydrogen-bond donors (Lipinski definition) is 1. The van der Waals surface area contributed by atoms with Crippen LogP contribution in [0.3, 0.4) is 0 Å². The van der Waals surface area contributed by atoms with Crippen molar-refractivity contribution in [1.29, 1.82) is 0 Å². The Morgan fingerprint density at radius 2 is 1.83 bits per heavy atom. The molecule has 0 aliphatic carbocycles. The number of nitrogens with two attached hydrogens (primary N) is 1. The van der Waals surface area contributed by atoms with Crippen molar-refractivity contribution in [3.05, 3.63) is 41.5 Å². The number of rotatable bonds is 7. The van der Waals surface area contributed by atoms with E-state index < -0.39 is 21.9 Å². The second-order valence-electron chi connectivity index (χ2n) is 5.77. The molecule has 3 rings (SSSR count). The second kappa shape index (κ2) is 8.53. The van der Waals surface area contributed by atoms with Crippen LogP contribution in [0, 0.1) is 0 Å². The minimum atomic E-state index is -4.87. The van der Waals surface area contributed by atoms with Crippen molar-refractivity contribution in [2.24, 2.45) is 0 Å². The summed E-state index contributed by atoms with van der Waals surface area (Å²) in [7, 11) is -4.06. The quantitative estimate of drug-likeness (QED) is 0.570. The normalized spacial score (nSPS) is 12.1. The van der Waals surface area contributed by atoms with Crippen molar-refractivity contribution < 1.29 is 31.1 Å². The topological polar surface area (TPSA) is 117 Å². The van der Waals surface area contributed by atoms with Crippen LogP contribution < -0.4 is 10.5 Å². The highest BCUT2D eigenvalue weighted by Gasteiger charge is 2.31. The van der Waals surface area contributed by atoms with Gasteiger partial charge in [-0.3, -0.25) is 4.98 Å². The third-order valence-electron chi connectivity index (χ3n) is 3.67. The molecule has 0 radical (unpaired) electrons. The Labute approximate surface area is 173 Å². The number of hydrogen-bond acceptors (Lipinski definition) is 9. The molecule has 0 saturated carbocycles. The van der Waals surface area contributed by atoms with Crippen LogP contribution >= 0.6 is 11.3 Å². The van der Waals surface area contributed by atoms with Gasteiger partial charge < -0.3 is 15.2 Å². The van der Waals surface area contributed by atoms with Crippen LogP contribution in [0.5, 0.6) is 5.75 Å². The molecule has 0 atom stereocenters. The van der Waals surface area contributed by atoms with E-state index in [0.29, 0.717) is 16.6 Å². The van der Waals surface area contributed by atoms with Gasteiger partial charge in [-0.2, -0.15) is 0 Å². The Morgan fingerprint density at radius 1 is 1.13 bits per heavy atom. The molecule has 3 aromatic rings. The standard InChI is InChI=1S/C17H15F3N4O4S2/c1-2-27-9-14-23-24-16(29-14)15-13(21)7-12(8-22-15)30(25,26)11-5-3-10(4-6-11)28-17(18,19)20/h3-8H,2,9,21H2,1H3. The molecule has 0 fully saturated rings. The number of halogens is 3. The summed E-state index contributed by atoms with van der Waals surface area (Å²) >= 11 is 1.21. The molecule has 30 heavy (non-hydrogen) atoms. The number of pyridine rings is 1. The first-order chi connectivity index (χ1) is 14.1. The molecule has 160 valence electrons. The van der Waals surface area contributed by atoms with Gasteiger partial charge in [0.25, 0.3) is 0 Å². The maximum absolute atomic E-state index is 12.8. The average molecular weight is 460 g/mol. The van der Waals surface area contributed by atoms with Gasteiger partial charge in [-0.05, 0) is 37.3 Å². The van der Waals surface area contributed by atoms with Crippen LogP contribution in [0.15, 0.2) is 46.3 Å². The fraction of sp³-hybridized carbons (Fsp3) is 0.235. The average Bonchev–Trinajstić information content (AvgIpc) is 3.14. The fourth-order valence-electron chi connectivity index (χ4n) is 2.34. The summed E-state index contributed by atoms with van der Waals surface area (Å²) in [5.74, 6) is -0.534. The summed E-state index contributed by atoms with van der Waals surface area (Å²) in [5.41, 5.74) is 6.30. The van der Waals surface area contributed by atoms with Gasteiger partial charge in [0, 0.05) is 12.8 Å². The lowest BCUT2D eigenvalue weighted by Crippen LogP contribution is -2.17. The number of nitrogen functional groups attached to an aromatic ring is 1. The molecule has 1 aromatic carbocycles. The number of benzene rings is 1. The molecular weight excluding hydrogens is 445 g/mol. The molecule has 0 unspecified atom stereocenters. The lowest BCUT2D eigenvalue weighted by Gasteiger charge is -2.10. The van der Waals surface area contributed by atoms with E-state index in [0.717, 1.165) is 30.5 Å². The zero-order valence-corrected chi connectivity index (χ0v) is 17.0. The van der Waals surface area contributed by atoms with Crippen LogP contribution in [0.1, 0.15) is 11.9 Å². The molecular formula is C17H15F3N4O4S2. The predicted molar refractivity (Wildman–Crippen MR) is 101 cm³/mol. The molecule has 0 saturated heterocycles. The van der Waals surface area contributed by atoms with E-state index in [4.69, 9.17) is 10.5 Å². The molecule has 2 N–H and O–H groups in total.